The molecule has 3 aromatic rings. The Morgan fingerprint density at radius 2 is 1.41 bits per heavy atom. The smallest absolute Gasteiger partial charge is 0.342 e. The molecular weight excluding hydrogens is 352 g/mol. The number of benzene rings is 2. The maximum absolute atomic E-state index is 12.0. The van der Waals surface area contributed by atoms with E-state index in [9.17, 15) is 24.6 Å². The number of carboxylic acid groups (broad SMARTS) is 2. The molecule has 5 N–H and O–H groups in total. The summed E-state index contributed by atoms with van der Waals surface area (Å²) in [6.45, 7) is 0. The van der Waals surface area contributed by atoms with Crippen LogP contribution in [0.15, 0.2) is 59.4 Å². The van der Waals surface area contributed by atoms with E-state index in [1.165, 1.54) is 24.3 Å². The van der Waals surface area contributed by atoms with E-state index < -0.39 is 34.4 Å². The first kappa shape index (κ1) is 17.7. The minimum atomic E-state index is -1.56. The Hall–Kier alpha value is -4.07. The molecule has 136 valence electrons. The Bertz CT molecular complexity index is 1070. The quantitative estimate of drug-likeness (QED) is 0.543. The van der Waals surface area contributed by atoms with Crippen molar-refractivity contribution in [3.05, 3.63) is 76.1 Å². The van der Waals surface area contributed by atoms with Crippen LogP contribution in [0.4, 0.5) is 5.82 Å². The lowest BCUT2D eigenvalue weighted by Crippen LogP contribution is -2.24. The summed E-state index contributed by atoms with van der Waals surface area (Å²) in [4.78, 5) is 37.2. The van der Waals surface area contributed by atoms with E-state index in [0.717, 1.165) is 0 Å². The third kappa shape index (κ3) is 3.49. The molecule has 8 heteroatoms. The number of ether oxygens (including phenoxy) is 1. The zero-order valence-corrected chi connectivity index (χ0v) is 13.8. The van der Waals surface area contributed by atoms with Crippen molar-refractivity contribution in [2.24, 2.45) is 0 Å². The molecule has 27 heavy (non-hydrogen) atoms. The van der Waals surface area contributed by atoms with Crippen molar-refractivity contribution in [3.63, 3.8) is 0 Å². The number of H-pyrrole nitrogens is 1. The van der Waals surface area contributed by atoms with Crippen LogP contribution in [0.3, 0.4) is 0 Å². The monoisotopic (exact) mass is 366 g/mol. The number of anilines is 1. The van der Waals surface area contributed by atoms with Crippen molar-refractivity contribution in [3.8, 4) is 22.6 Å². The van der Waals surface area contributed by atoms with Gasteiger partial charge in [0.2, 0.25) is 0 Å². The van der Waals surface area contributed by atoms with Crippen molar-refractivity contribution < 1.29 is 24.5 Å². The molecule has 2 aromatic carbocycles. The summed E-state index contributed by atoms with van der Waals surface area (Å²) in [6.07, 6.45) is 0. The summed E-state index contributed by atoms with van der Waals surface area (Å²) >= 11 is 0. The number of aromatic carboxylic acids is 2. The van der Waals surface area contributed by atoms with Crippen molar-refractivity contribution in [2.45, 2.75) is 0 Å². The molecule has 0 aliphatic carbocycles. The largest absolute Gasteiger partial charge is 0.478 e. The normalized spacial score (nSPS) is 10.4. The van der Waals surface area contributed by atoms with Crippen LogP contribution >= 0.6 is 0 Å². The number of para-hydroxylation sites is 1. The van der Waals surface area contributed by atoms with Crippen molar-refractivity contribution >= 4 is 17.8 Å². The van der Waals surface area contributed by atoms with Gasteiger partial charge >= 0.3 is 11.9 Å². The predicted octanol–water partition coefficient (Wildman–Crippen LogP) is 2.81. The van der Waals surface area contributed by atoms with Crippen LogP contribution in [0.5, 0.6) is 11.5 Å². The van der Waals surface area contributed by atoms with Gasteiger partial charge in [0.05, 0.1) is 0 Å². The van der Waals surface area contributed by atoms with Gasteiger partial charge in [0.25, 0.3) is 5.56 Å². The lowest BCUT2D eigenvalue weighted by molar-refractivity contribution is 0.0695. The number of pyridine rings is 1. The maximum atomic E-state index is 12.0. The molecule has 0 saturated heterocycles. The van der Waals surface area contributed by atoms with Gasteiger partial charge in [0.15, 0.2) is 0 Å². The van der Waals surface area contributed by atoms with E-state index in [1.807, 2.05) is 6.07 Å². The second kappa shape index (κ2) is 7.04. The predicted molar refractivity (Wildman–Crippen MR) is 97.3 cm³/mol. The van der Waals surface area contributed by atoms with Gasteiger partial charge in [-0.1, -0.05) is 30.3 Å². The molecule has 0 aliphatic heterocycles. The number of nitrogens with one attached hydrogen (secondary N) is 1. The Kier molecular flexibility index (Phi) is 4.63. The molecular formula is C19H14N2O6. The van der Waals surface area contributed by atoms with E-state index in [1.54, 1.807) is 24.3 Å². The molecule has 0 aliphatic rings. The van der Waals surface area contributed by atoms with Crippen molar-refractivity contribution in [1.29, 1.82) is 0 Å². The lowest BCUT2D eigenvalue weighted by atomic mass is 9.95. The van der Waals surface area contributed by atoms with Gasteiger partial charge in [0.1, 0.15) is 28.4 Å². The molecule has 0 unspecified atom stereocenters. The molecule has 3 rings (SSSR count). The van der Waals surface area contributed by atoms with E-state index in [2.05, 4.69) is 4.98 Å². The summed E-state index contributed by atoms with van der Waals surface area (Å²) in [5.41, 5.74) is 3.40. The van der Waals surface area contributed by atoms with Crippen molar-refractivity contribution in [2.75, 3.05) is 5.73 Å². The third-order valence-electron chi connectivity index (χ3n) is 3.79. The average molecular weight is 366 g/mol. The van der Waals surface area contributed by atoms with Gasteiger partial charge in [0, 0.05) is 5.56 Å². The summed E-state index contributed by atoms with van der Waals surface area (Å²) in [7, 11) is 0. The summed E-state index contributed by atoms with van der Waals surface area (Å²) in [5.74, 6) is -2.37. The number of carbonyl (C=O) groups is 2. The molecule has 0 amide bonds. The highest BCUT2D eigenvalue weighted by molar-refractivity contribution is 6.07. The number of aromatic amines is 1. The first-order valence-corrected chi connectivity index (χ1v) is 7.74. The standard InChI is InChI=1S/C19H14N2O6/c20-16-14(18(23)24)13(15(19(25)26)17(22)21-16)10-6-8-12(9-7-10)27-11-4-2-1-3-5-11/h1-9H,(H,23,24)(H,25,26)(H3,20,21,22). The zero-order valence-electron chi connectivity index (χ0n) is 13.8. The second-order valence-electron chi connectivity index (χ2n) is 5.54. The number of nitrogen functional groups attached to an aromatic ring is 1. The Labute approximate surface area is 152 Å². The summed E-state index contributed by atoms with van der Waals surface area (Å²) in [5, 5.41) is 18.8. The molecule has 8 nitrogen and oxygen atoms in total. The fraction of sp³-hybridized carbons (Fsp3) is 0. The van der Waals surface area contributed by atoms with E-state index in [4.69, 9.17) is 10.5 Å². The Morgan fingerprint density at radius 3 is 1.96 bits per heavy atom. The highest BCUT2D eigenvalue weighted by Crippen LogP contribution is 2.31. The van der Waals surface area contributed by atoms with Gasteiger partial charge in [-0.05, 0) is 29.8 Å². The van der Waals surface area contributed by atoms with E-state index >= 15 is 0 Å². The summed E-state index contributed by atoms with van der Waals surface area (Å²) in [6, 6.07) is 15.0. The second-order valence-corrected chi connectivity index (χ2v) is 5.54. The minimum absolute atomic E-state index is 0.211. The number of aromatic nitrogens is 1. The minimum Gasteiger partial charge on any atom is -0.478 e. The molecule has 1 aromatic heterocycles. The molecule has 1 heterocycles. The number of rotatable bonds is 5. The summed E-state index contributed by atoms with van der Waals surface area (Å²) < 4.78 is 5.65. The number of hydrogen-bond donors (Lipinski definition) is 4. The molecule has 0 radical (unpaired) electrons. The van der Waals surface area contributed by atoms with Gasteiger partial charge in [-0.2, -0.15) is 0 Å². The molecule has 0 bridgehead atoms. The van der Waals surface area contributed by atoms with Crippen LogP contribution in [-0.4, -0.2) is 27.1 Å². The van der Waals surface area contributed by atoms with Gasteiger partial charge in [-0.3, -0.25) is 4.79 Å². The van der Waals surface area contributed by atoms with Crippen molar-refractivity contribution in [1.82, 2.24) is 4.98 Å². The Morgan fingerprint density at radius 1 is 0.852 bits per heavy atom. The number of nitrogens with two attached hydrogens (primary N) is 1. The van der Waals surface area contributed by atoms with Crippen LogP contribution in [-0.2, 0) is 0 Å². The Balaban J connectivity index is 2.12. The molecule has 0 saturated carbocycles. The van der Waals surface area contributed by atoms with Gasteiger partial charge in [-0.25, -0.2) is 9.59 Å². The zero-order chi connectivity index (χ0) is 19.6. The first-order chi connectivity index (χ1) is 12.9. The molecule has 0 spiro atoms. The SMILES string of the molecule is Nc1[nH]c(=O)c(C(=O)O)c(-c2ccc(Oc3ccccc3)cc2)c1C(=O)O. The highest BCUT2D eigenvalue weighted by Gasteiger charge is 2.26. The first-order valence-electron chi connectivity index (χ1n) is 7.74. The van der Waals surface area contributed by atoms with Crippen LogP contribution in [0, 0.1) is 0 Å². The molecule has 0 atom stereocenters. The lowest BCUT2D eigenvalue weighted by Gasteiger charge is -2.13. The number of hydrogen-bond acceptors (Lipinski definition) is 5. The fourth-order valence-corrected chi connectivity index (χ4v) is 2.65. The molecule has 0 fully saturated rings. The maximum Gasteiger partial charge on any atom is 0.342 e. The van der Waals surface area contributed by atoms with Gasteiger partial charge in [-0.15, -0.1) is 0 Å². The number of carboxylic acids is 2. The highest BCUT2D eigenvalue weighted by atomic mass is 16.5. The van der Waals surface area contributed by atoms with Crippen LogP contribution < -0.4 is 16.0 Å². The van der Waals surface area contributed by atoms with E-state index in [-0.39, 0.29) is 11.1 Å². The van der Waals surface area contributed by atoms with Crippen LogP contribution in [0.1, 0.15) is 20.7 Å². The van der Waals surface area contributed by atoms with Crippen LogP contribution in [0.25, 0.3) is 11.1 Å². The topological polar surface area (TPSA) is 143 Å². The fourth-order valence-electron chi connectivity index (χ4n) is 2.65. The average Bonchev–Trinajstić information content (AvgIpc) is 2.62. The van der Waals surface area contributed by atoms with Crippen LogP contribution in [0.2, 0.25) is 0 Å². The van der Waals surface area contributed by atoms with E-state index in [0.29, 0.717) is 11.5 Å². The van der Waals surface area contributed by atoms with Gasteiger partial charge < -0.3 is 25.7 Å². The third-order valence-corrected chi connectivity index (χ3v) is 3.79.